The van der Waals surface area contributed by atoms with Gasteiger partial charge in [-0.25, -0.2) is 0 Å². The van der Waals surface area contributed by atoms with Gasteiger partial charge in [0.1, 0.15) is 11.7 Å². The third kappa shape index (κ3) is 2.62. The number of carbonyl (C=O) groups excluding carboxylic acids is 1. The molecule has 86 valence electrons. The number of hydrogen-bond acceptors (Lipinski definition) is 5. The summed E-state index contributed by atoms with van der Waals surface area (Å²) in [4.78, 5) is 23.1. The van der Waals surface area contributed by atoms with E-state index in [9.17, 15) is 9.70 Å². The standard InChI is InChI=1S/C10H13N3O3/c1-13(10(15)9(11)6-14)8-4-2-7(12-16)3-5-8/h2-5,9,14H,6,11H2,1H3. The lowest BCUT2D eigenvalue weighted by molar-refractivity contribution is -0.120. The van der Waals surface area contributed by atoms with Crippen molar-refractivity contribution in [1.29, 1.82) is 0 Å². The number of benzene rings is 1. The minimum Gasteiger partial charge on any atom is -0.394 e. The van der Waals surface area contributed by atoms with Gasteiger partial charge in [-0.3, -0.25) is 4.79 Å². The summed E-state index contributed by atoms with van der Waals surface area (Å²) in [7, 11) is 1.54. The highest BCUT2D eigenvalue weighted by atomic mass is 16.3. The van der Waals surface area contributed by atoms with E-state index in [0.29, 0.717) is 5.69 Å². The van der Waals surface area contributed by atoms with Crippen LogP contribution in [0.3, 0.4) is 0 Å². The number of amides is 1. The molecule has 0 aliphatic carbocycles. The van der Waals surface area contributed by atoms with Gasteiger partial charge in [0.15, 0.2) is 0 Å². The number of nitrogens with zero attached hydrogens (tertiary/aromatic N) is 2. The van der Waals surface area contributed by atoms with Gasteiger partial charge in [-0.15, -0.1) is 4.91 Å². The van der Waals surface area contributed by atoms with Gasteiger partial charge in [0.25, 0.3) is 0 Å². The monoisotopic (exact) mass is 223 g/mol. The fourth-order valence-electron chi connectivity index (χ4n) is 1.19. The molecule has 1 aromatic carbocycles. The minimum atomic E-state index is -0.936. The average Bonchev–Trinajstić information content (AvgIpc) is 2.36. The number of anilines is 1. The van der Waals surface area contributed by atoms with Crippen LogP contribution < -0.4 is 10.6 Å². The summed E-state index contributed by atoms with van der Waals surface area (Å²) < 4.78 is 0. The highest BCUT2D eigenvalue weighted by Gasteiger charge is 2.18. The summed E-state index contributed by atoms with van der Waals surface area (Å²) in [6.45, 7) is -0.406. The zero-order chi connectivity index (χ0) is 12.1. The van der Waals surface area contributed by atoms with E-state index in [0.717, 1.165) is 0 Å². The molecule has 0 heterocycles. The van der Waals surface area contributed by atoms with E-state index in [4.69, 9.17) is 10.8 Å². The Labute approximate surface area is 92.6 Å². The molecule has 0 radical (unpaired) electrons. The molecule has 16 heavy (non-hydrogen) atoms. The van der Waals surface area contributed by atoms with E-state index >= 15 is 0 Å². The van der Waals surface area contributed by atoms with E-state index in [-0.39, 0.29) is 5.69 Å². The number of aliphatic hydroxyl groups excluding tert-OH is 1. The summed E-state index contributed by atoms with van der Waals surface area (Å²) in [5.41, 5.74) is 6.27. The van der Waals surface area contributed by atoms with Crippen LogP contribution in [-0.2, 0) is 4.79 Å². The Bertz CT molecular complexity index is 377. The van der Waals surface area contributed by atoms with Gasteiger partial charge >= 0.3 is 0 Å². The SMILES string of the molecule is CN(C(=O)C(N)CO)c1ccc(N=O)cc1. The predicted molar refractivity (Wildman–Crippen MR) is 60.4 cm³/mol. The Hall–Kier alpha value is -1.79. The van der Waals surface area contributed by atoms with Gasteiger partial charge in [-0.1, -0.05) is 0 Å². The van der Waals surface area contributed by atoms with Crippen LogP contribution >= 0.6 is 0 Å². The summed E-state index contributed by atoms with van der Waals surface area (Å²) in [5.74, 6) is -0.394. The molecule has 6 nitrogen and oxygen atoms in total. The Balaban J connectivity index is 2.83. The fourth-order valence-corrected chi connectivity index (χ4v) is 1.19. The summed E-state index contributed by atoms with van der Waals surface area (Å²) in [6.07, 6.45) is 0. The lowest BCUT2D eigenvalue weighted by atomic mass is 10.2. The Morgan fingerprint density at radius 2 is 2.06 bits per heavy atom. The molecule has 6 heteroatoms. The molecule has 1 amide bonds. The number of carbonyl (C=O) groups is 1. The third-order valence-corrected chi connectivity index (χ3v) is 2.19. The molecule has 0 aliphatic heterocycles. The van der Waals surface area contributed by atoms with Crippen molar-refractivity contribution in [2.45, 2.75) is 6.04 Å². The largest absolute Gasteiger partial charge is 0.394 e. The molecular formula is C10H13N3O3. The van der Waals surface area contributed by atoms with Crippen LogP contribution in [-0.4, -0.2) is 30.7 Å². The van der Waals surface area contributed by atoms with E-state index in [1.807, 2.05) is 0 Å². The Morgan fingerprint density at radius 1 is 1.50 bits per heavy atom. The summed E-state index contributed by atoms with van der Waals surface area (Å²) in [6, 6.07) is 5.22. The minimum absolute atomic E-state index is 0.288. The second-order valence-electron chi connectivity index (χ2n) is 3.29. The van der Waals surface area contributed by atoms with E-state index in [2.05, 4.69) is 5.18 Å². The van der Waals surface area contributed by atoms with Crippen molar-refractivity contribution in [2.24, 2.45) is 10.9 Å². The lowest BCUT2D eigenvalue weighted by Crippen LogP contribution is -2.44. The van der Waals surface area contributed by atoms with Crippen molar-refractivity contribution in [3.63, 3.8) is 0 Å². The van der Waals surface area contributed by atoms with Crippen molar-refractivity contribution < 1.29 is 9.90 Å². The van der Waals surface area contributed by atoms with Crippen molar-refractivity contribution >= 4 is 17.3 Å². The molecule has 0 aromatic heterocycles. The molecule has 0 bridgehead atoms. The number of hydrogen-bond donors (Lipinski definition) is 2. The van der Waals surface area contributed by atoms with Gasteiger partial charge in [0.05, 0.1) is 6.61 Å². The lowest BCUT2D eigenvalue weighted by Gasteiger charge is -2.20. The van der Waals surface area contributed by atoms with Crippen molar-refractivity contribution in [2.75, 3.05) is 18.6 Å². The van der Waals surface area contributed by atoms with E-state index in [1.54, 1.807) is 19.2 Å². The summed E-state index contributed by atoms with van der Waals surface area (Å²) in [5, 5.41) is 11.5. The molecule has 0 spiro atoms. The molecule has 0 aliphatic rings. The number of likely N-dealkylation sites (N-methyl/N-ethyl adjacent to an activating group) is 1. The van der Waals surface area contributed by atoms with E-state index < -0.39 is 18.6 Å². The van der Waals surface area contributed by atoms with Crippen LogP contribution in [0.2, 0.25) is 0 Å². The molecule has 1 aromatic rings. The smallest absolute Gasteiger partial charge is 0.246 e. The molecular weight excluding hydrogens is 210 g/mol. The molecule has 0 saturated heterocycles. The average molecular weight is 223 g/mol. The van der Waals surface area contributed by atoms with Crippen LogP contribution in [0.5, 0.6) is 0 Å². The van der Waals surface area contributed by atoms with Crippen LogP contribution in [0.25, 0.3) is 0 Å². The summed E-state index contributed by atoms with van der Waals surface area (Å²) >= 11 is 0. The topological polar surface area (TPSA) is 96.0 Å². The first-order valence-corrected chi connectivity index (χ1v) is 4.67. The second kappa shape index (κ2) is 5.34. The first-order valence-electron chi connectivity index (χ1n) is 4.67. The normalized spacial score (nSPS) is 11.9. The van der Waals surface area contributed by atoms with Crippen LogP contribution in [0.4, 0.5) is 11.4 Å². The molecule has 1 atom stereocenters. The van der Waals surface area contributed by atoms with Crippen LogP contribution in [0, 0.1) is 4.91 Å². The Kier molecular flexibility index (Phi) is 4.10. The van der Waals surface area contributed by atoms with Gasteiger partial charge in [0.2, 0.25) is 5.91 Å². The predicted octanol–water partition coefficient (Wildman–Crippen LogP) is 0.367. The molecule has 0 fully saturated rings. The number of rotatable bonds is 4. The Morgan fingerprint density at radius 3 is 2.50 bits per heavy atom. The second-order valence-corrected chi connectivity index (χ2v) is 3.29. The maximum atomic E-state index is 11.6. The quantitative estimate of drug-likeness (QED) is 0.720. The number of nitroso groups, excluding NO2 is 1. The third-order valence-electron chi connectivity index (χ3n) is 2.19. The fraction of sp³-hybridized carbons (Fsp3) is 0.300. The highest BCUT2D eigenvalue weighted by molar-refractivity contribution is 5.96. The van der Waals surface area contributed by atoms with Gasteiger partial charge in [0, 0.05) is 12.7 Å². The maximum Gasteiger partial charge on any atom is 0.246 e. The number of nitrogens with two attached hydrogens (primary N) is 1. The highest BCUT2D eigenvalue weighted by Crippen LogP contribution is 2.18. The van der Waals surface area contributed by atoms with Crippen molar-refractivity contribution in [3.05, 3.63) is 29.2 Å². The first kappa shape index (κ1) is 12.3. The van der Waals surface area contributed by atoms with Gasteiger partial charge in [-0.2, -0.15) is 0 Å². The zero-order valence-electron chi connectivity index (χ0n) is 8.83. The van der Waals surface area contributed by atoms with Gasteiger partial charge in [-0.05, 0) is 29.4 Å². The maximum absolute atomic E-state index is 11.6. The first-order chi connectivity index (χ1) is 7.60. The van der Waals surface area contributed by atoms with Crippen molar-refractivity contribution in [1.82, 2.24) is 0 Å². The van der Waals surface area contributed by atoms with Crippen LogP contribution in [0.15, 0.2) is 29.4 Å². The molecule has 1 unspecified atom stereocenters. The molecule has 0 saturated carbocycles. The van der Waals surface area contributed by atoms with Gasteiger partial charge < -0.3 is 15.7 Å². The number of aliphatic hydroxyl groups is 1. The van der Waals surface area contributed by atoms with Crippen LogP contribution in [0.1, 0.15) is 0 Å². The van der Waals surface area contributed by atoms with Crippen molar-refractivity contribution in [3.8, 4) is 0 Å². The zero-order valence-corrected chi connectivity index (χ0v) is 8.83. The van der Waals surface area contributed by atoms with E-state index in [1.165, 1.54) is 17.0 Å². The molecule has 3 N–H and O–H groups in total. The molecule has 1 rings (SSSR count).